The highest BCUT2D eigenvalue weighted by molar-refractivity contribution is 5.76. The third-order valence-corrected chi connectivity index (χ3v) is 2.97. The number of imidazole rings is 1. The Labute approximate surface area is 106 Å². The number of aliphatic carboxylic acids is 1. The first kappa shape index (κ1) is 12.6. The van der Waals surface area contributed by atoms with Gasteiger partial charge in [-0.15, -0.1) is 0 Å². The molecule has 1 heterocycles. The summed E-state index contributed by atoms with van der Waals surface area (Å²) in [6.45, 7) is 4.92. The van der Waals surface area contributed by atoms with Crippen LogP contribution in [0.1, 0.15) is 38.4 Å². The van der Waals surface area contributed by atoms with Crippen molar-refractivity contribution in [3.63, 3.8) is 0 Å². The first-order valence-corrected chi connectivity index (χ1v) is 6.26. The maximum Gasteiger partial charge on any atom is 0.303 e. The first-order chi connectivity index (χ1) is 8.59. The molecule has 4 heteroatoms. The number of benzene rings is 1. The van der Waals surface area contributed by atoms with Crippen LogP contribution in [-0.2, 0) is 11.3 Å². The molecular weight excluding hydrogens is 228 g/mol. The molecule has 96 valence electrons. The van der Waals surface area contributed by atoms with Crippen molar-refractivity contribution in [1.82, 2.24) is 9.55 Å². The molecule has 0 aliphatic carbocycles. The van der Waals surface area contributed by atoms with E-state index in [0.29, 0.717) is 18.9 Å². The number of carboxylic acid groups (broad SMARTS) is 1. The summed E-state index contributed by atoms with van der Waals surface area (Å²) in [7, 11) is 0. The van der Waals surface area contributed by atoms with E-state index in [1.165, 1.54) is 0 Å². The quantitative estimate of drug-likeness (QED) is 0.882. The lowest BCUT2D eigenvalue weighted by atomic mass is 10.2. The van der Waals surface area contributed by atoms with Gasteiger partial charge in [-0.2, -0.15) is 0 Å². The number of carboxylic acids is 1. The monoisotopic (exact) mass is 246 g/mol. The van der Waals surface area contributed by atoms with Crippen LogP contribution in [0.15, 0.2) is 24.3 Å². The van der Waals surface area contributed by atoms with Gasteiger partial charge in [0.1, 0.15) is 5.82 Å². The Morgan fingerprint density at radius 3 is 2.78 bits per heavy atom. The summed E-state index contributed by atoms with van der Waals surface area (Å²) in [5, 5.41) is 8.71. The number of aryl methyl sites for hydroxylation is 1. The van der Waals surface area contributed by atoms with Crippen molar-refractivity contribution in [3.8, 4) is 0 Å². The second kappa shape index (κ2) is 5.21. The van der Waals surface area contributed by atoms with Crippen molar-refractivity contribution < 1.29 is 9.90 Å². The fourth-order valence-electron chi connectivity index (χ4n) is 2.16. The molecule has 0 saturated carbocycles. The average Bonchev–Trinajstić information content (AvgIpc) is 2.68. The molecule has 1 aromatic carbocycles. The topological polar surface area (TPSA) is 55.1 Å². The first-order valence-electron chi connectivity index (χ1n) is 6.26. The summed E-state index contributed by atoms with van der Waals surface area (Å²) in [6.07, 6.45) is 0.833. The van der Waals surface area contributed by atoms with Crippen LogP contribution in [0.3, 0.4) is 0 Å². The lowest BCUT2D eigenvalue weighted by Crippen LogP contribution is -2.07. The van der Waals surface area contributed by atoms with E-state index in [0.717, 1.165) is 16.9 Å². The summed E-state index contributed by atoms with van der Waals surface area (Å²) < 4.78 is 2.14. The minimum Gasteiger partial charge on any atom is -0.481 e. The van der Waals surface area contributed by atoms with Crippen LogP contribution in [0.4, 0.5) is 0 Å². The molecule has 1 aromatic heterocycles. The summed E-state index contributed by atoms with van der Waals surface area (Å²) in [5.41, 5.74) is 2.07. The number of aromatic nitrogens is 2. The Hall–Kier alpha value is -1.84. The van der Waals surface area contributed by atoms with Crippen LogP contribution in [0.25, 0.3) is 11.0 Å². The highest BCUT2D eigenvalue weighted by Gasteiger charge is 2.13. The van der Waals surface area contributed by atoms with Crippen LogP contribution in [0.5, 0.6) is 0 Å². The molecule has 0 aliphatic rings. The van der Waals surface area contributed by atoms with E-state index in [1.807, 2.05) is 24.3 Å². The Kier molecular flexibility index (Phi) is 3.65. The van der Waals surface area contributed by atoms with Crippen LogP contribution in [0.2, 0.25) is 0 Å². The minimum atomic E-state index is -0.745. The zero-order valence-corrected chi connectivity index (χ0v) is 10.8. The predicted molar refractivity (Wildman–Crippen MR) is 70.7 cm³/mol. The molecule has 0 spiro atoms. The highest BCUT2D eigenvalue weighted by Crippen LogP contribution is 2.22. The molecule has 0 bridgehead atoms. The smallest absolute Gasteiger partial charge is 0.303 e. The normalized spacial score (nSPS) is 11.3. The maximum absolute atomic E-state index is 10.6. The lowest BCUT2D eigenvalue weighted by molar-refractivity contribution is -0.137. The second-order valence-corrected chi connectivity index (χ2v) is 4.76. The van der Waals surface area contributed by atoms with E-state index >= 15 is 0 Å². The van der Waals surface area contributed by atoms with E-state index in [-0.39, 0.29) is 6.42 Å². The number of fused-ring (bicyclic) bond motifs is 1. The van der Waals surface area contributed by atoms with Crippen molar-refractivity contribution in [3.05, 3.63) is 30.1 Å². The fourth-order valence-corrected chi connectivity index (χ4v) is 2.16. The van der Waals surface area contributed by atoms with Crippen molar-refractivity contribution in [1.29, 1.82) is 0 Å². The van der Waals surface area contributed by atoms with Crippen LogP contribution in [0, 0.1) is 0 Å². The Bertz CT molecular complexity index is 558. The van der Waals surface area contributed by atoms with Gasteiger partial charge in [-0.3, -0.25) is 4.79 Å². The van der Waals surface area contributed by atoms with Crippen molar-refractivity contribution in [2.75, 3.05) is 0 Å². The summed E-state index contributed by atoms with van der Waals surface area (Å²) in [6, 6.07) is 7.99. The molecule has 0 radical (unpaired) electrons. The summed E-state index contributed by atoms with van der Waals surface area (Å²) in [4.78, 5) is 15.2. The third kappa shape index (κ3) is 2.53. The number of nitrogens with zero attached hydrogens (tertiary/aromatic N) is 2. The maximum atomic E-state index is 10.6. The van der Waals surface area contributed by atoms with Crippen LogP contribution in [-0.4, -0.2) is 20.6 Å². The summed E-state index contributed by atoms with van der Waals surface area (Å²) >= 11 is 0. The van der Waals surface area contributed by atoms with Crippen molar-refractivity contribution in [2.24, 2.45) is 0 Å². The van der Waals surface area contributed by atoms with Gasteiger partial charge in [0.05, 0.1) is 11.0 Å². The van der Waals surface area contributed by atoms with Gasteiger partial charge in [-0.1, -0.05) is 26.0 Å². The van der Waals surface area contributed by atoms with E-state index < -0.39 is 5.97 Å². The number of carbonyl (C=O) groups is 1. The molecule has 4 nitrogen and oxygen atoms in total. The molecular formula is C14H18N2O2. The van der Waals surface area contributed by atoms with E-state index in [9.17, 15) is 4.79 Å². The van der Waals surface area contributed by atoms with Crippen LogP contribution >= 0.6 is 0 Å². The zero-order chi connectivity index (χ0) is 13.1. The van der Waals surface area contributed by atoms with Crippen LogP contribution < -0.4 is 0 Å². The molecule has 0 atom stereocenters. The Balaban J connectivity index is 2.33. The van der Waals surface area contributed by atoms with Crippen molar-refractivity contribution in [2.45, 2.75) is 39.2 Å². The SMILES string of the molecule is CC(C)c1nc2ccccc2n1CCCC(=O)O. The lowest BCUT2D eigenvalue weighted by Gasteiger charge is -2.10. The molecule has 0 amide bonds. The van der Waals surface area contributed by atoms with E-state index in [4.69, 9.17) is 5.11 Å². The zero-order valence-electron chi connectivity index (χ0n) is 10.8. The van der Waals surface area contributed by atoms with Gasteiger partial charge in [0.25, 0.3) is 0 Å². The van der Waals surface area contributed by atoms with Crippen molar-refractivity contribution >= 4 is 17.0 Å². The summed E-state index contributed by atoms with van der Waals surface area (Å²) in [5.74, 6) is 0.620. The second-order valence-electron chi connectivity index (χ2n) is 4.76. The van der Waals surface area contributed by atoms with Gasteiger partial charge >= 0.3 is 5.97 Å². The number of rotatable bonds is 5. The van der Waals surface area contributed by atoms with Gasteiger partial charge in [-0.05, 0) is 18.6 Å². The molecule has 0 saturated heterocycles. The van der Waals surface area contributed by atoms with E-state index in [1.54, 1.807) is 0 Å². The average molecular weight is 246 g/mol. The molecule has 2 aromatic rings. The fraction of sp³-hybridized carbons (Fsp3) is 0.429. The molecule has 0 unspecified atom stereocenters. The Morgan fingerprint density at radius 1 is 1.39 bits per heavy atom. The number of para-hydroxylation sites is 2. The van der Waals surface area contributed by atoms with Gasteiger partial charge < -0.3 is 9.67 Å². The Morgan fingerprint density at radius 2 is 2.11 bits per heavy atom. The largest absolute Gasteiger partial charge is 0.481 e. The third-order valence-electron chi connectivity index (χ3n) is 2.97. The predicted octanol–water partition coefficient (Wildman–Crippen LogP) is 3.02. The molecule has 18 heavy (non-hydrogen) atoms. The molecule has 1 N–H and O–H groups in total. The van der Waals surface area contributed by atoms with Gasteiger partial charge in [0.2, 0.25) is 0 Å². The van der Waals surface area contributed by atoms with Gasteiger partial charge in [-0.25, -0.2) is 4.98 Å². The number of hydrogen-bond acceptors (Lipinski definition) is 2. The van der Waals surface area contributed by atoms with E-state index in [2.05, 4.69) is 23.4 Å². The molecule has 2 rings (SSSR count). The highest BCUT2D eigenvalue weighted by atomic mass is 16.4. The molecule has 0 aliphatic heterocycles. The van der Waals surface area contributed by atoms with Gasteiger partial charge in [0.15, 0.2) is 0 Å². The molecule has 0 fully saturated rings. The standard InChI is InChI=1S/C14H18N2O2/c1-10(2)14-15-11-6-3-4-7-12(11)16(14)9-5-8-13(17)18/h3-4,6-7,10H,5,8-9H2,1-2H3,(H,17,18). The minimum absolute atomic E-state index is 0.198. The number of hydrogen-bond donors (Lipinski definition) is 1. The van der Waals surface area contributed by atoms with Gasteiger partial charge in [0, 0.05) is 18.9 Å².